The van der Waals surface area contributed by atoms with Gasteiger partial charge in [0.15, 0.2) is 5.96 Å². The quantitative estimate of drug-likeness (QED) is 0.0143. The number of amides is 11. The highest BCUT2D eigenvalue weighted by atomic mass is 16.4. The van der Waals surface area contributed by atoms with Gasteiger partial charge in [0.05, 0.1) is 32.0 Å². The first-order valence-electron chi connectivity index (χ1n) is 31.6. The Morgan fingerprint density at radius 2 is 1.02 bits per heavy atom. The van der Waals surface area contributed by atoms with E-state index in [1.54, 1.807) is 13.8 Å². The van der Waals surface area contributed by atoms with E-state index in [4.69, 9.17) is 22.9 Å². The number of nitrogens with two attached hydrogens (primary N) is 4. The number of hydrogen-bond acceptors (Lipinski definition) is 20. The molecule has 1 aromatic heterocycles. The molecule has 1 aliphatic rings. The van der Waals surface area contributed by atoms with E-state index in [1.807, 2.05) is 13.8 Å². The number of phenolic OH excluding ortho intramolecular Hbond substituents is 2. The maximum Gasteiger partial charge on any atom is 0.326 e. The number of aliphatic imine (C=N–C) groups is 1. The van der Waals surface area contributed by atoms with Crippen LogP contribution in [0.15, 0.2) is 66.0 Å². The number of imidazole rings is 1. The van der Waals surface area contributed by atoms with Crippen LogP contribution in [0.4, 0.5) is 0 Å². The first kappa shape index (κ1) is 79.9. The average molecular weight is 1380 g/mol. The Labute approximate surface area is 563 Å². The van der Waals surface area contributed by atoms with Crippen LogP contribution >= 0.6 is 0 Å². The van der Waals surface area contributed by atoms with Crippen molar-refractivity contribution >= 4 is 82.9 Å². The summed E-state index contributed by atoms with van der Waals surface area (Å²) >= 11 is 0. The maximum atomic E-state index is 14.6. The van der Waals surface area contributed by atoms with Gasteiger partial charge in [-0.1, -0.05) is 52.0 Å². The molecule has 11 amide bonds. The summed E-state index contributed by atoms with van der Waals surface area (Å²) in [6.45, 7) is 4.76. The van der Waals surface area contributed by atoms with E-state index in [-0.39, 0.29) is 98.6 Å². The van der Waals surface area contributed by atoms with Gasteiger partial charge in [-0.3, -0.25) is 62.5 Å². The fraction of sp³-hybridized carbons (Fsp3) is 0.532. The van der Waals surface area contributed by atoms with Crippen LogP contribution in [0, 0.1) is 11.8 Å². The van der Waals surface area contributed by atoms with Crippen molar-refractivity contribution in [3.8, 4) is 11.5 Å². The first-order valence-corrected chi connectivity index (χ1v) is 31.6. The van der Waals surface area contributed by atoms with Crippen molar-refractivity contribution in [1.82, 2.24) is 62.7 Å². The van der Waals surface area contributed by atoms with Crippen molar-refractivity contribution < 1.29 is 93.0 Å². The Kier molecular flexibility index (Phi) is 32.2. The summed E-state index contributed by atoms with van der Waals surface area (Å²) in [5.41, 5.74) is 23.5. The molecule has 538 valence electrons. The number of phenols is 2. The second kappa shape index (κ2) is 39.5. The van der Waals surface area contributed by atoms with Gasteiger partial charge in [0.2, 0.25) is 65.0 Å². The number of nitrogens with one attached hydrogen (secondary N) is 10. The normalized spacial score (nSPS) is 15.8. The third kappa shape index (κ3) is 27.0. The summed E-state index contributed by atoms with van der Waals surface area (Å²) in [7, 11) is 0. The number of aromatic hydroxyl groups is 2. The molecule has 3 aromatic rings. The van der Waals surface area contributed by atoms with E-state index >= 15 is 0 Å². The van der Waals surface area contributed by atoms with Crippen molar-refractivity contribution in [3.05, 3.63) is 77.9 Å². The highest BCUT2D eigenvalue weighted by Crippen LogP contribution is 2.21. The van der Waals surface area contributed by atoms with Crippen molar-refractivity contribution in [1.29, 1.82) is 0 Å². The topological polar surface area (TPSA) is 600 Å². The average Bonchev–Trinajstić information content (AvgIpc) is 1.72. The number of nitrogens with zero attached hydrogens (tertiary/aromatic N) is 3. The molecule has 1 saturated heterocycles. The molecule has 2 heterocycles. The Hall–Kier alpha value is -10.5. The molecule has 4 rings (SSSR count). The molecule has 0 bridgehead atoms. The molecule has 11 atom stereocenters. The number of aliphatic hydroxyl groups excluding tert-OH is 2. The van der Waals surface area contributed by atoms with Crippen molar-refractivity contribution in [2.75, 3.05) is 26.3 Å². The molecule has 0 saturated carbocycles. The number of benzene rings is 2. The standard InChI is InChI=1S/C62H91N17O19/c1-31(2)21-38(63)51(87)72-41(23-33-9-13-36(82)14-10-33)54(90)70-39(7-5-19-68-62(65)66)52(88)78-47(29-81)60(96)79-20-6-8-48(79)59(95)77-46(28-80)58(94)74-43(25-35-27-67-30-69-35)56(92)73-42(24-34-11-15-37(83)16-12-34)55(91)71-40(17-18-50(85)86)53(89)75-44(26-49(64)84)57(93)76-45(61(97)98)22-32(3)4/h9-16,27,30-32,38-48,80-83H,5-8,17-26,28-29,63H2,1-4H3,(H2,64,84)(H,67,69)(H,70,90)(H,71,91)(H,72,87)(H,73,92)(H,74,94)(H,75,89)(H,76,93)(H,77,95)(H,78,88)(H,85,86)(H,97,98)(H4,65,66,68)/t38-,39-,40-,41-,42-,43-,44-,45-,46-,47-,48-/m0/s1. The van der Waals surface area contributed by atoms with Crippen molar-refractivity contribution in [3.63, 3.8) is 0 Å². The van der Waals surface area contributed by atoms with Crippen LogP contribution in [0.3, 0.4) is 0 Å². The molecular weight excluding hydrogens is 1290 g/mol. The first-order chi connectivity index (χ1) is 46.3. The summed E-state index contributed by atoms with van der Waals surface area (Å²) in [6, 6.07) is -6.39. The molecule has 1 fully saturated rings. The zero-order valence-corrected chi connectivity index (χ0v) is 54.7. The Morgan fingerprint density at radius 3 is 1.49 bits per heavy atom. The Morgan fingerprint density at radius 1 is 0.571 bits per heavy atom. The minimum atomic E-state index is -1.86. The molecule has 0 spiro atoms. The molecule has 0 radical (unpaired) electrons. The fourth-order valence-electron chi connectivity index (χ4n) is 10.3. The number of likely N-dealkylation sites (tertiary alicyclic amines) is 1. The van der Waals surface area contributed by atoms with Gasteiger partial charge in [-0.15, -0.1) is 0 Å². The number of aromatic nitrogens is 2. The number of carbonyl (C=O) groups excluding carboxylic acids is 11. The van der Waals surface area contributed by atoms with Crippen molar-refractivity contribution in [2.24, 2.45) is 39.8 Å². The largest absolute Gasteiger partial charge is 0.508 e. The molecule has 36 nitrogen and oxygen atoms in total. The molecule has 36 heteroatoms. The van der Waals surface area contributed by atoms with E-state index in [2.05, 4.69) is 62.8 Å². The second-order valence-corrected chi connectivity index (χ2v) is 24.4. The number of H-pyrrole nitrogens is 1. The summed E-state index contributed by atoms with van der Waals surface area (Å²) in [5, 5.41) is 82.3. The lowest BCUT2D eigenvalue weighted by molar-refractivity contribution is -0.143. The smallest absolute Gasteiger partial charge is 0.326 e. The zero-order valence-electron chi connectivity index (χ0n) is 54.7. The van der Waals surface area contributed by atoms with Gasteiger partial charge in [-0.2, -0.15) is 0 Å². The van der Waals surface area contributed by atoms with Gasteiger partial charge in [0, 0.05) is 50.7 Å². The van der Waals surface area contributed by atoms with Gasteiger partial charge in [-0.05, 0) is 92.2 Å². The molecule has 98 heavy (non-hydrogen) atoms. The lowest BCUT2D eigenvalue weighted by Gasteiger charge is -2.30. The minimum absolute atomic E-state index is 0.00772. The number of aliphatic hydroxyl groups is 2. The molecule has 24 N–H and O–H groups in total. The number of hydrogen-bond donors (Lipinski definition) is 20. The van der Waals surface area contributed by atoms with Crippen LogP contribution in [-0.2, 0) is 81.6 Å². The fourth-order valence-corrected chi connectivity index (χ4v) is 10.3. The molecule has 0 aliphatic carbocycles. The van der Waals surface area contributed by atoms with Gasteiger partial charge in [0.25, 0.3) is 0 Å². The molecule has 1 aliphatic heterocycles. The summed E-state index contributed by atoms with van der Waals surface area (Å²) in [5.74, 6) is -15.1. The van der Waals surface area contributed by atoms with E-state index in [1.165, 1.54) is 61.1 Å². The summed E-state index contributed by atoms with van der Waals surface area (Å²) < 4.78 is 0. The van der Waals surface area contributed by atoms with Crippen LogP contribution < -0.4 is 70.8 Å². The lowest BCUT2D eigenvalue weighted by Crippen LogP contribution is -2.61. The predicted molar refractivity (Wildman–Crippen MR) is 347 cm³/mol. The van der Waals surface area contributed by atoms with E-state index in [0.717, 1.165) is 4.90 Å². The summed E-state index contributed by atoms with van der Waals surface area (Å²) in [4.78, 5) is 188. The maximum absolute atomic E-state index is 14.6. The second-order valence-electron chi connectivity index (χ2n) is 24.4. The van der Waals surface area contributed by atoms with E-state index in [9.17, 15) is 93.0 Å². The van der Waals surface area contributed by atoms with Crippen LogP contribution in [-0.4, -0.2) is 221 Å². The predicted octanol–water partition coefficient (Wildman–Crippen LogP) is -5.51. The van der Waals surface area contributed by atoms with Crippen LogP contribution in [0.1, 0.15) is 102 Å². The third-order valence-corrected chi connectivity index (χ3v) is 15.4. The number of primary amides is 1. The number of rotatable bonds is 41. The zero-order chi connectivity index (χ0) is 72.9. The van der Waals surface area contributed by atoms with E-state index < -0.39 is 189 Å². The summed E-state index contributed by atoms with van der Waals surface area (Å²) in [6.07, 6.45) is -0.460. The van der Waals surface area contributed by atoms with Crippen LogP contribution in [0.5, 0.6) is 11.5 Å². The highest BCUT2D eigenvalue weighted by molar-refractivity contribution is 6.00. The van der Waals surface area contributed by atoms with Gasteiger partial charge in [-0.25, -0.2) is 9.78 Å². The van der Waals surface area contributed by atoms with Gasteiger partial charge >= 0.3 is 11.9 Å². The minimum Gasteiger partial charge on any atom is -0.508 e. The Bertz CT molecular complexity index is 3260. The number of carboxylic acid groups (broad SMARTS) is 2. The highest BCUT2D eigenvalue weighted by Gasteiger charge is 2.41. The SMILES string of the molecule is CC(C)C[C@H](NC(=O)[C@H](CC(N)=O)NC(=O)[C@H](CCC(=O)O)NC(=O)[C@H](Cc1ccc(O)cc1)NC(=O)[C@H](Cc1cnc[nH]1)NC(=O)[C@H](CO)NC(=O)[C@@H]1CCCN1C(=O)[C@H](CO)NC(=O)[C@H](CCCN=C(N)N)NC(=O)[C@H](Cc1ccc(O)cc1)NC(=O)[C@@H](N)CC(C)C)C(=O)O. The number of carboxylic acids is 2. The lowest BCUT2D eigenvalue weighted by atomic mass is 10.0. The van der Waals surface area contributed by atoms with Crippen LogP contribution in [0.25, 0.3) is 0 Å². The van der Waals surface area contributed by atoms with Crippen LogP contribution in [0.2, 0.25) is 0 Å². The van der Waals surface area contributed by atoms with Gasteiger partial charge < -0.3 is 111 Å². The molecule has 0 unspecified atom stereocenters. The third-order valence-electron chi connectivity index (χ3n) is 15.4. The number of carbonyl (C=O) groups is 13. The number of guanidine groups is 1. The Balaban J connectivity index is 1.58. The number of aromatic amines is 1. The van der Waals surface area contributed by atoms with Gasteiger partial charge in [0.1, 0.15) is 71.9 Å². The monoisotopic (exact) mass is 1380 g/mol. The molecular formula is C62H91N17O19. The van der Waals surface area contributed by atoms with E-state index in [0.29, 0.717) is 5.56 Å². The van der Waals surface area contributed by atoms with Crippen molar-refractivity contribution in [2.45, 2.75) is 171 Å². The number of aliphatic carboxylic acids is 2. The molecule has 2 aromatic carbocycles.